The topological polar surface area (TPSA) is 117 Å². The highest BCUT2D eigenvalue weighted by molar-refractivity contribution is 7.16. The van der Waals surface area contributed by atoms with Gasteiger partial charge < -0.3 is 13.7 Å². The van der Waals surface area contributed by atoms with Crippen molar-refractivity contribution in [3.05, 3.63) is 56.6 Å². The Morgan fingerprint density at radius 1 is 1.33 bits per heavy atom. The molecule has 3 rings (SSSR count). The first-order valence-corrected chi connectivity index (χ1v) is 8.79. The van der Waals surface area contributed by atoms with Gasteiger partial charge in [-0.15, -0.1) is 0 Å². The number of hydrogen-bond acceptors (Lipinski definition) is 7. The van der Waals surface area contributed by atoms with E-state index in [4.69, 9.17) is 9.15 Å². The van der Waals surface area contributed by atoms with E-state index in [1.54, 1.807) is 11.5 Å². The molecule has 0 unspecified atom stereocenters. The lowest BCUT2D eigenvalue weighted by Gasteiger charge is -2.05. The minimum atomic E-state index is -0.774. The van der Waals surface area contributed by atoms with Crippen molar-refractivity contribution in [2.45, 2.75) is 20.4 Å². The van der Waals surface area contributed by atoms with E-state index >= 15 is 0 Å². The Morgan fingerprint density at radius 3 is 2.78 bits per heavy atom. The number of carbonyl (C=O) groups is 2. The van der Waals surface area contributed by atoms with E-state index < -0.39 is 22.7 Å². The van der Waals surface area contributed by atoms with E-state index in [0.29, 0.717) is 0 Å². The molecule has 0 spiro atoms. The predicted octanol–water partition coefficient (Wildman–Crippen LogP) is 2.82. The van der Waals surface area contributed by atoms with Crippen molar-refractivity contribution in [2.24, 2.45) is 4.99 Å². The molecular weight excluding hydrogens is 374 g/mol. The molecule has 0 radical (unpaired) electrons. The van der Waals surface area contributed by atoms with E-state index in [-0.39, 0.29) is 23.7 Å². The summed E-state index contributed by atoms with van der Waals surface area (Å²) in [4.78, 5) is 38.5. The number of nitrogens with zero attached hydrogens (tertiary/aromatic N) is 3. The summed E-state index contributed by atoms with van der Waals surface area (Å²) in [6.07, 6.45) is 0. The minimum absolute atomic E-state index is 0.110. The quantitative estimate of drug-likeness (QED) is 0.376. The molecule has 10 heteroatoms. The number of nitro groups is 1. The van der Waals surface area contributed by atoms with Gasteiger partial charge in [0, 0.05) is 0 Å². The lowest BCUT2D eigenvalue weighted by Crippen LogP contribution is -2.23. The normalized spacial score (nSPS) is 11.7. The van der Waals surface area contributed by atoms with Crippen molar-refractivity contribution in [1.29, 1.82) is 0 Å². The zero-order chi connectivity index (χ0) is 19.6. The fourth-order valence-corrected chi connectivity index (χ4v) is 3.56. The van der Waals surface area contributed by atoms with Crippen LogP contribution in [0.15, 0.2) is 39.7 Å². The minimum Gasteiger partial charge on any atom is -0.465 e. The molecule has 0 aliphatic heterocycles. The van der Waals surface area contributed by atoms with Gasteiger partial charge in [0.25, 0.3) is 0 Å². The van der Waals surface area contributed by atoms with E-state index in [9.17, 15) is 19.7 Å². The van der Waals surface area contributed by atoms with Gasteiger partial charge in [-0.25, -0.2) is 0 Å². The maximum Gasteiger partial charge on any atom is 0.433 e. The lowest BCUT2D eigenvalue weighted by atomic mass is 10.2. The summed E-state index contributed by atoms with van der Waals surface area (Å²) in [5, 5.41) is 10.7. The molecule has 0 bridgehead atoms. The standard InChI is InChI=1S/C17H15N3O6S/c1-3-25-15(21)9-19-11-5-4-10(2)8-13(11)27-17(19)18-16(22)12-6-7-14(26-12)20(23)24/h4-8H,3,9H2,1-2H3. The molecule has 1 amide bonds. The second kappa shape index (κ2) is 7.54. The number of benzene rings is 1. The first-order chi connectivity index (χ1) is 12.9. The molecule has 0 N–H and O–H groups in total. The van der Waals surface area contributed by atoms with E-state index in [1.165, 1.54) is 17.4 Å². The maximum atomic E-state index is 12.4. The van der Waals surface area contributed by atoms with Gasteiger partial charge >= 0.3 is 17.8 Å². The van der Waals surface area contributed by atoms with Crippen molar-refractivity contribution in [3.8, 4) is 0 Å². The van der Waals surface area contributed by atoms with Crippen LogP contribution in [-0.4, -0.2) is 28.0 Å². The van der Waals surface area contributed by atoms with Crippen LogP contribution < -0.4 is 4.80 Å². The third kappa shape index (κ3) is 3.95. The third-order valence-electron chi connectivity index (χ3n) is 3.61. The number of esters is 1. The fraction of sp³-hybridized carbons (Fsp3) is 0.235. The van der Waals surface area contributed by atoms with E-state index in [0.717, 1.165) is 21.8 Å². The number of aromatic nitrogens is 1. The Balaban J connectivity index is 2.07. The predicted molar refractivity (Wildman–Crippen MR) is 96.4 cm³/mol. The van der Waals surface area contributed by atoms with Gasteiger partial charge in [-0.2, -0.15) is 4.99 Å². The van der Waals surface area contributed by atoms with Crippen LogP contribution in [0.5, 0.6) is 0 Å². The molecule has 0 atom stereocenters. The molecule has 0 saturated heterocycles. The number of ether oxygens (including phenoxy) is 1. The van der Waals surface area contributed by atoms with Gasteiger partial charge in [0.15, 0.2) is 4.80 Å². The Bertz CT molecular complexity index is 1110. The molecule has 0 aliphatic carbocycles. The van der Waals surface area contributed by atoms with Crippen LogP contribution in [0.4, 0.5) is 5.88 Å². The Labute approximate surface area is 156 Å². The van der Waals surface area contributed by atoms with Crippen LogP contribution in [0.3, 0.4) is 0 Å². The van der Waals surface area contributed by atoms with Crippen molar-refractivity contribution in [1.82, 2.24) is 4.57 Å². The highest BCUT2D eigenvalue weighted by Gasteiger charge is 2.18. The molecule has 0 saturated carbocycles. The number of fused-ring (bicyclic) bond motifs is 1. The summed E-state index contributed by atoms with van der Waals surface area (Å²) in [5.74, 6) is -2.03. The molecular formula is C17H15N3O6S. The number of hydrogen-bond donors (Lipinski definition) is 0. The van der Waals surface area contributed by atoms with Crippen molar-refractivity contribution in [2.75, 3.05) is 6.61 Å². The fourth-order valence-electron chi connectivity index (χ4n) is 2.44. The highest BCUT2D eigenvalue weighted by Crippen LogP contribution is 2.20. The summed E-state index contributed by atoms with van der Waals surface area (Å²) in [6, 6.07) is 7.92. The average Bonchev–Trinajstić information content (AvgIpc) is 3.21. The first-order valence-electron chi connectivity index (χ1n) is 7.98. The summed E-state index contributed by atoms with van der Waals surface area (Å²) in [6.45, 7) is 3.76. The van der Waals surface area contributed by atoms with E-state index in [1.807, 2.05) is 25.1 Å². The lowest BCUT2D eigenvalue weighted by molar-refractivity contribution is -0.402. The summed E-state index contributed by atoms with van der Waals surface area (Å²) < 4.78 is 12.3. The second-order valence-corrected chi connectivity index (χ2v) is 6.57. The van der Waals surface area contributed by atoms with Crippen LogP contribution in [0.1, 0.15) is 23.0 Å². The van der Waals surface area contributed by atoms with Crippen LogP contribution in [0.2, 0.25) is 0 Å². The van der Waals surface area contributed by atoms with Gasteiger partial charge in [0.1, 0.15) is 11.5 Å². The van der Waals surface area contributed by atoms with Crippen LogP contribution in [-0.2, 0) is 16.1 Å². The monoisotopic (exact) mass is 389 g/mol. The molecule has 1 aromatic carbocycles. The number of amides is 1. The van der Waals surface area contributed by atoms with E-state index in [2.05, 4.69) is 4.99 Å². The average molecular weight is 389 g/mol. The number of aryl methyl sites for hydroxylation is 1. The number of thiazole rings is 1. The van der Waals surface area contributed by atoms with Gasteiger partial charge in [-0.3, -0.25) is 19.7 Å². The summed E-state index contributed by atoms with van der Waals surface area (Å²) in [7, 11) is 0. The van der Waals surface area contributed by atoms with Crippen molar-refractivity contribution in [3.63, 3.8) is 0 Å². The molecule has 140 valence electrons. The molecule has 2 aromatic heterocycles. The number of carbonyl (C=O) groups excluding carboxylic acids is 2. The molecule has 9 nitrogen and oxygen atoms in total. The Kier molecular flexibility index (Phi) is 5.17. The Morgan fingerprint density at radius 2 is 2.11 bits per heavy atom. The number of furan rings is 1. The largest absolute Gasteiger partial charge is 0.465 e. The smallest absolute Gasteiger partial charge is 0.433 e. The summed E-state index contributed by atoms with van der Waals surface area (Å²) >= 11 is 1.23. The second-order valence-electron chi connectivity index (χ2n) is 5.56. The van der Waals surface area contributed by atoms with Crippen LogP contribution in [0.25, 0.3) is 10.2 Å². The third-order valence-corrected chi connectivity index (χ3v) is 4.65. The zero-order valence-electron chi connectivity index (χ0n) is 14.5. The molecule has 3 aromatic rings. The molecule has 0 fully saturated rings. The van der Waals surface area contributed by atoms with Gasteiger partial charge in [0.2, 0.25) is 5.76 Å². The molecule has 0 aliphatic rings. The van der Waals surface area contributed by atoms with Crippen molar-refractivity contribution >= 4 is 39.3 Å². The SMILES string of the molecule is CCOC(=O)Cn1c(=NC(=O)c2ccc([N+](=O)[O-])o2)sc2cc(C)ccc21. The molecule has 27 heavy (non-hydrogen) atoms. The first kappa shape index (κ1) is 18.5. The zero-order valence-corrected chi connectivity index (χ0v) is 15.3. The number of rotatable bonds is 5. The summed E-state index contributed by atoms with van der Waals surface area (Å²) in [5.41, 5.74) is 1.75. The van der Waals surface area contributed by atoms with Gasteiger partial charge in [0.05, 0.1) is 22.9 Å². The Hall–Kier alpha value is -3.27. The van der Waals surface area contributed by atoms with Crippen molar-refractivity contribution < 1.29 is 23.7 Å². The van der Waals surface area contributed by atoms with Crippen LogP contribution >= 0.6 is 11.3 Å². The highest BCUT2D eigenvalue weighted by atomic mass is 32.1. The molecule has 2 heterocycles. The van der Waals surface area contributed by atoms with Gasteiger partial charge in [-0.1, -0.05) is 17.4 Å². The van der Waals surface area contributed by atoms with Gasteiger partial charge in [-0.05, 0) is 37.6 Å². The maximum absolute atomic E-state index is 12.4. The van der Waals surface area contributed by atoms with Crippen LogP contribution in [0, 0.1) is 17.0 Å².